The van der Waals surface area contributed by atoms with Gasteiger partial charge in [-0.3, -0.25) is 19.8 Å². The summed E-state index contributed by atoms with van der Waals surface area (Å²) in [5, 5.41) is 18.5. The minimum Gasteiger partial charge on any atom is -0.481 e. The molecular formula is C19H25N3O4. The van der Waals surface area contributed by atoms with Crippen LogP contribution in [-0.2, 0) is 20.8 Å². The molecule has 0 saturated heterocycles. The lowest BCUT2D eigenvalue weighted by Gasteiger charge is -2.11. The van der Waals surface area contributed by atoms with Crippen molar-refractivity contribution in [2.75, 3.05) is 6.54 Å². The van der Waals surface area contributed by atoms with Crippen molar-refractivity contribution in [2.45, 2.75) is 38.5 Å². The normalized spacial score (nSPS) is 19.3. The first-order valence-corrected chi connectivity index (χ1v) is 8.82. The third-order valence-electron chi connectivity index (χ3n) is 4.81. The number of carboxylic acid groups (broad SMARTS) is 1. The third-order valence-corrected chi connectivity index (χ3v) is 4.81. The molecule has 0 heterocycles. The molecule has 1 aliphatic carbocycles. The number of nitrogens with one attached hydrogen (secondary N) is 2. The number of rotatable bonds is 9. The van der Waals surface area contributed by atoms with Crippen LogP contribution in [0.1, 0.15) is 43.2 Å². The largest absolute Gasteiger partial charge is 0.481 e. The smallest absolute Gasteiger partial charge is 0.305 e. The Labute approximate surface area is 152 Å². The molecule has 1 fully saturated rings. The highest BCUT2D eigenvalue weighted by atomic mass is 16.4. The standard InChI is InChI=1S/C19H25N3O4/c20-19(21)14-5-2-12(3-6-14)1-4-13-7-8-15(18(13)26)11-16(23)22-10-9-17(24)25/h2-3,5-6,13,15H,1,4,7-11H2,(H3,20,21)(H,22,23)(H,24,25). The molecule has 5 N–H and O–H groups in total. The molecule has 2 unspecified atom stereocenters. The van der Waals surface area contributed by atoms with Gasteiger partial charge in [-0.1, -0.05) is 24.3 Å². The van der Waals surface area contributed by atoms with Gasteiger partial charge in [0.25, 0.3) is 0 Å². The maximum atomic E-state index is 12.5. The van der Waals surface area contributed by atoms with Crippen LogP contribution in [0.5, 0.6) is 0 Å². The zero-order valence-corrected chi connectivity index (χ0v) is 14.7. The molecule has 0 spiro atoms. The fourth-order valence-electron chi connectivity index (χ4n) is 3.31. The number of amides is 1. The van der Waals surface area contributed by atoms with E-state index in [-0.39, 0.29) is 48.7 Å². The highest BCUT2D eigenvalue weighted by Gasteiger charge is 2.34. The van der Waals surface area contributed by atoms with Crippen molar-refractivity contribution in [1.82, 2.24) is 5.32 Å². The van der Waals surface area contributed by atoms with Gasteiger partial charge in [-0.2, -0.15) is 0 Å². The summed E-state index contributed by atoms with van der Waals surface area (Å²) in [6.45, 7) is 0.0920. The average molecular weight is 359 g/mol. The molecule has 26 heavy (non-hydrogen) atoms. The number of hydrogen-bond acceptors (Lipinski definition) is 4. The van der Waals surface area contributed by atoms with Gasteiger partial charge in [-0.15, -0.1) is 0 Å². The second kappa shape index (κ2) is 9.12. The molecule has 1 aromatic carbocycles. The Bertz CT molecular complexity index is 685. The molecule has 1 saturated carbocycles. The first-order chi connectivity index (χ1) is 12.4. The summed E-state index contributed by atoms with van der Waals surface area (Å²) in [5.74, 6) is -1.33. The van der Waals surface area contributed by atoms with E-state index in [0.717, 1.165) is 24.8 Å². The lowest BCUT2D eigenvalue weighted by molar-refractivity contribution is -0.137. The third kappa shape index (κ3) is 5.68. The number of benzene rings is 1. The van der Waals surface area contributed by atoms with Gasteiger partial charge in [0.05, 0.1) is 6.42 Å². The highest BCUT2D eigenvalue weighted by Crippen LogP contribution is 2.32. The monoisotopic (exact) mass is 359 g/mol. The van der Waals surface area contributed by atoms with E-state index in [4.69, 9.17) is 16.2 Å². The molecule has 0 radical (unpaired) electrons. The molecule has 7 nitrogen and oxygen atoms in total. The van der Waals surface area contributed by atoms with E-state index in [2.05, 4.69) is 5.32 Å². The highest BCUT2D eigenvalue weighted by molar-refractivity contribution is 5.94. The Kier molecular flexibility index (Phi) is 6.89. The zero-order chi connectivity index (χ0) is 19.1. The number of carbonyl (C=O) groups is 3. The second-order valence-corrected chi connectivity index (χ2v) is 6.72. The SMILES string of the molecule is N=C(N)c1ccc(CCC2CCC(CC(=O)NCCC(=O)O)C2=O)cc1. The first kappa shape index (κ1) is 19.6. The second-order valence-electron chi connectivity index (χ2n) is 6.72. The van der Waals surface area contributed by atoms with Gasteiger partial charge in [-0.05, 0) is 31.2 Å². The maximum absolute atomic E-state index is 12.5. The van der Waals surface area contributed by atoms with Gasteiger partial charge < -0.3 is 16.2 Å². The average Bonchev–Trinajstić information content (AvgIpc) is 2.93. The van der Waals surface area contributed by atoms with Crippen LogP contribution in [0.15, 0.2) is 24.3 Å². The summed E-state index contributed by atoms with van der Waals surface area (Å²) in [6.07, 6.45) is 3.04. The number of carboxylic acids is 1. The van der Waals surface area contributed by atoms with Crippen LogP contribution in [0.25, 0.3) is 0 Å². The minimum atomic E-state index is -0.960. The molecule has 1 aromatic rings. The van der Waals surface area contributed by atoms with E-state index < -0.39 is 5.97 Å². The molecular weight excluding hydrogens is 334 g/mol. The predicted octanol–water partition coefficient (Wildman–Crippen LogP) is 1.48. The quantitative estimate of drug-likeness (QED) is 0.391. The van der Waals surface area contributed by atoms with Gasteiger partial charge in [0.2, 0.25) is 5.91 Å². The number of nitrogens with two attached hydrogens (primary N) is 1. The predicted molar refractivity (Wildman–Crippen MR) is 96.9 cm³/mol. The number of aryl methyl sites for hydroxylation is 1. The van der Waals surface area contributed by atoms with Gasteiger partial charge in [0.15, 0.2) is 0 Å². The topological polar surface area (TPSA) is 133 Å². The van der Waals surface area contributed by atoms with Crippen LogP contribution in [0.4, 0.5) is 0 Å². The fourth-order valence-corrected chi connectivity index (χ4v) is 3.31. The Balaban J connectivity index is 1.76. The van der Waals surface area contributed by atoms with Gasteiger partial charge in [-0.25, -0.2) is 0 Å². The van der Waals surface area contributed by atoms with Crippen LogP contribution in [-0.4, -0.2) is 35.1 Å². The van der Waals surface area contributed by atoms with Crippen molar-refractivity contribution in [3.63, 3.8) is 0 Å². The minimum absolute atomic E-state index is 0.0284. The summed E-state index contributed by atoms with van der Waals surface area (Å²) in [6, 6.07) is 7.45. The van der Waals surface area contributed by atoms with Gasteiger partial charge >= 0.3 is 5.97 Å². The van der Waals surface area contributed by atoms with E-state index in [0.29, 0.717) is 12.0 Å². The molecule has 140 valence electrons. The van der Waals surface area contributed by atoms with Crippen molar-refractivity contribution < 1.29 is 19.5 Å². The molecule has 1 aliphatic rings. The number of hydrogen-bond donors (Lipinski definition) is 4. The summed E-state index contributed by atoms with van der Waals surface area (Å²) < 4.78 is 0. The summed E-state index contributed by atoms with van der Waals surface area (Å²) in [5.41, 5.74) is 7.21. The Morgan fingerprint density at radius 3 is 2.46 bits per heavy atom. The van der Waals surface area contributed by atoms with Gasteiger partial charge in [0, 0.05) is 30.4 Å². The lowest BCUT2D eigenvalue weighted by atomic mass is 9.94. The van der Waals surface area contributed by atoms with E-state index in [1.807, 2.05) is 12.1 Å². The first-order valence-electron chi connectivity index (χ1n) is 8.82. The molecule has 2 atom stereocenters. The molecule has 7 heteroatoms. The van der Waals surface area contributed by atoms with Gasteiger partial charge in [0.1, 0.15) is 11.6 Å². The number of aliphatic carboxylic acids is 1. The number of amidine groups is 1. The molecule has 1 amide bonds. The van der Waals surface area contributed by atoms with E-state index in [1.165, 1.54) is 0 Å². The van der Waals surface area contributed by atoms with Crippen molar-refractivity contribution in [1.29, 1.82) is 5.41 Å². The molecule has 0 aliphatic heterocycles. The van der Waals surface area contributed by atoms with E-state index >= 15 is 0 Å². The summed E-state index contributed by atoms with van der Waals surface area (Å²) in [7, 11) is 0. The van der Waals surface area contributed by atoms with Crippen molar-refractivity contribution in [3.05, 3.63) is 35.4 Å². The number of Topliss-reactive ketones (excluding diaryl/α,β-unsaturated/α-hetero) is 1. The van der Waals surface area contributed by atoms with Crippen LogP contribution in [0.3, 0.4) is 0 Å². The van der Waals surface area contributed by atoms with Crippen molar-refractivity contribution >= 4 is 23.5 Å². The van der Waals surface area contributed by atoms with E-state index in [1.54, 1.807) is 12.1 Å². The number of nitrogen functional groups attached to an aromatic ring is 1. The van der Waals surface area contributed by atoms with E-state index in [9.17, 15) is 14.4 Å². The van der Waals surface area contributed by atoms with Crippen molar-refractivity contribution in [3.8, 4) is 0 Å². The van der Waals surface area contributed by atoms with Crippen LogP contribution >= 0.6 is 0 Å². The molecule has 2 rings (SSSR count). The molecule has 0 aromatic heterocycles. The number of ketones is 1. The lowest BCUT2D eigenvalue weighted by Crippen LogP contribution is -2.29. The summed E-state index contributed by atoms with van der Waals surface area (Å²) >= 11 is 0. The Hall–Kier alpha value is -2.70. The Morgan fingerprint density at radius 1 is 1.19 bits per heavy atom. The van der Waals surface area contributed by atoms with Crippen LogP contribution < -0.4 is 11.1 Å². The zero-order valence-electron chi connectivity index (χ0n) is 14.7. The maximum Gasteiger partial charge on any atom is 0.305 e. The van der Waals surface area contributed by atoms with Crippen LogP contribution in [0, 0.1) is 17.2 Å². The number of carbonyl (C=O) groups excluding carboxylic acids is 2. The Morgan fingerprint density at radius 2 is 1.85 bits per heavy atom. The summed E-state index contributed by atoms with van der Waals surface area (Å²) in [4.78, 5) is 34.7. The molecule has 0 bridgehead atoms. The van der Waals surface area contributed by atoms with Crippen molar-refractivity contribution in [2.24, 2.45) is 17.6 Å². The fraction of sp³-hybridized carbons (Fsp3) is 0.474. The van der Waals surface area contributed by atoms with Crippen LogP contribution in [0.2, 0.25) is 0 Å².